The first kappa shape index (κ1) is 12.5. The van der Waals surface area contributed by atoms with Gasteiger partial charge in [0.1, 0.15) is 5.82 Å². The molecule has 0 spiro atoms. The monoisotopic (exact) mass is 236 g/mol. The van der Waals surface area contributed by atoms with Gasteiger partial charge in [-0.1, -0.05) is 18.6 Å². The number of nitrogens with two attached hydrogens (primary N) is 1. The van der Waals surface area contributed by atoms with Crippen molar-refractivity contribution in [3.05, 3.63) is 35.6 Å². The average Bonchev–Trinajstić information content (AvgIpc) is 2.32. The van der Waals surface area contributed by atoms with Crippen molar-refractivity contribution >= 4 is 0 Å². The zero-order valence-corrected chi connectivity index (χ0v) is 10.2. The summed E-state index contributed by atoms with van der Waals surface area (Å²) in [5.41, 5.74) is 6.72. The molecule has 1 heterocycles. The van der Waals surface area contributed by atoms with Crippen molar-refractivity contribution in [3.63, 3.8) is 0 Å². The third-order valence-electron chi connectivity index (χ3n) is 3.52. The van der Waals surface area contributed by atoms with E-state index in [1.807, 2.05) is 6.07 Å². The Bertz CT molecular complexity index is 352. The molecule has 17 heavy (non-hydrogen) atoms. The lowest BCUT2D eigenvalue weighted by atomic mass is 9.98. The number of halogens is 1. The number of hydrogen-bond acceptors (Lipinski definition) is 2. The summed E-state index contributed by atoms with van der Waals surface area (Å²) in [5.74, 6) is -0.144. The third kappa shape index (κ3) is 3.51. The summed E-state index contributed by atoms with van der Waals surface area (Å²) in [5, 5.41) is 0. The van der Waals surface area contributed by atoms with Crippen molar-refractivity contribution in [2.75, 3.05) is 13.1 Å². The lowest BCUT2D eigenvalue weighted by Gasteiger charge is -2.35. The van der Waals surface area contributed by atoms with Crippen molar-refractivity contribution in [2.45, 2.75) is 38.3 Å². The topological polar surface area (TPSA) is 29.3 Å². The Kier molecular flexibility index (Phi) is 4.51. The molecule has 0 aromatic heterocycles. The fraction of sp³-hybridized carbons (Fsp3) is 0.571. The summed E-state index contributed by atoms with van der Waals surface area (Å²) in [6.07, 6.45) is 4.82. The Morgan fingerprint density at radius 3 is 3.00 bits per heavy atom. The van der Waals surface area contributed by atoms with Gasteiger partial charge in [0.25, 0.3) is 0 Å². The van der Waals surface area contributed by atoms with E-state index in [0.717, 1.165) is 31.6 Å². The molecular weight excluding hydrogens is 215 g/mol. The Balaban J connectivity index is 2.00. The number of benzene rings is 1. The molecule has 3 heteroatoms. The van der Waals surface area contributed by atoms with Crippen LogP contribution in [-0.4, -0.2) is 24.0 Å². The molecule has 0 amide bonds. The van der Waals surface area contributed by atoms with Crippen LogP contribution in [0.5, 0.6) is 0 Å². The number of hydrogen-bond donors (Lipinski definition) is 1. The van der Waals surface area contributed by atoms with Crippen LogP contribution < -0.4 is 5.73 Å². The molecule has 1 fully saturated rings. The minimum atomic E-state index is -0.144. The Hall–Kier alpha value is -0.930. The molecule has 1 aliphatic heterocycles. The number of nitrogens with zero attached hydrogens (tertiary/aromatic N) is 1. The maximum Gasteiger partial charge on any atom is 0.123 e. The highest BCUT2D eigenvalue weighted by Gasteiger charge is 2.21. The van der Waals surface area contributed by atoms with Crippen molar-refractivity contribution in [3.8, 4) is 0 Å². The number of piperidine rings is 1. The van der Waals surface area contributed by atoms with E-state index in [-0.39, 0.29) is 5.82 Å². The normalized spacial score (nSPS) is 21.6. The zero-order valence-electron chi connectivity index (χ0n) is 10.2. The molecule has 2 rings (SSSR count). The molecule has 94 valence electrons. The van der Waals surface area contributed by atoms with Crippen LogP contribution in [0, 0.1) is 5.82 Å². The molecule has 0 bridgehead atoms. The highest BCUT2D eigenvalue weighted by Crippen LogP contribution is 2.21. The molecular formula is C14H21FN2. The molecule has 1 aromatic carbocycles. The molecule has 1 atom stereocenters. The molecule has 0 aliphatic carbocycles. The summed E-state index contributed by atoms with van der Waals surface area (Å²) in [7, 11) is 0. The summed E-state index contributed by atoms with van der Waals surface area (Å²) in [6.45, 7) is 2.70. The van der Waals surface area contributed by atoms with Crippen LogP contribution in [0.3, 0.4) is 0 Å². The Morgan fingerprint density at radius 2 is 2.24 bits per heavy atom. The van der Waals surface area contributed by atoms with Gasteiger partial charge >= 0.3 is 0 Å². The van der Waals surface area contributed by atoms with E-state index in [2.05, 4.69) is 4.90 Å². The van der Waals surface area contributed by atoms with Gasteiger partial charge in [0.05, 0.1) is 0 Å². The van der Waals surface area contributed by atoms with E-state index in [9.17, 15) is 4.39 Å². The summed E-state index contributed by atoms with van der Waals surface area (Å²) in [4.78, 5) is 2.45. The molecule has 1 aromatic rings. The van der Waals surface area contributed by atoms with Gasteiger partial charge < -0.3 is 5.73 Å². The van der Waals surface area contributed by atoms with Gasteiger partial charge in [-0.25, -0.2) is 4.39 Å². The van der Waals surface area contributed by atoms with Crippen LogP contribution in [-0.2, 0) is 6.54 Å². The molecule has 1 saturated heterocycles. The van der Waals surface area contributed by atoms with Gasteiger partial charge in [-0.3, -0.25) is 4.90 Å². The largest absolute Gasteiger partial charge is 0.330 e. The molecule has 1 unspecified atom stereocenters. The van der Waals surface area contributed by atoms with Gasteiger partial charge in [-0.2, -0.15) is 0 Å². The van der Waals surface area contributed by atoms with Crippen molar-refractivity contribution < 1.29 is 4.39 Å². The van der Waals surface area contributed by atoms with Gasteiger partial charge in [0.15, 0.2) is 0 Å². The highest BCUT2D eigenvalue weighted by molar-refractivity contribution is 5.16. The fourth-order valence-electron chi connectivity index (χ4n) is 2.66. The van der Waals surface area contributed by atoms with Crippen LogP contribution in [0.4, 0.5) is 4.39 Å². The van der Waals surface area contributed by atoms with E-state index in [1.165, 1.54) is 25.3 Å². The van der Waals surface area contributed by atoms with Crippen molar-refractivity contribution in [2.24, 2.45) is 5.73 Å². The smallest absolute Gasteiger partial charge is 0.123 e. The van der Waals surface area contributed by atoms with Gasteiger partial charge in [0.2, 0.25) is 0 Å². The second-order valence-corrected chi connectivity index (χ2v) is 4.83. The van der Waals surface area contributed by atoms with Crippen LogP contribution in [0.15, 0.2) is 24.3 Å². The van der Waals surface area contributed by atoms with Gasteiger partial charge in [0, 0.05) is 12.6 Å². The standard InChI is InChI=1S/C14H21FN2/c15-13-5-3-4-12(10-13)11-17-9-2-1-6-14(17)7-8-16/h3-5,10,14H,1-2,6-9,11,16H2. The van der Waals surface area contributed by atoms with E-state index in [0.29, 0.717) is 6.04 Å². The summed E-state index contributed by atoms with van der Waals surface area (Å²) >= 11 is 0. The van der Waals surface area contributed by atoms with Crippen LogP contribution in [0.25, 0.3) is 0 Å². The minimum Gasteiger partial charge on any atom is -0.330 e. The second-order valence-electron chi connectivity index (χ2n) is 4.83. The lowest BCUT2D eigenvalue weighted by Crippen LogP contribution is -2.40. The summed E-state index contributed by atoms with van der Waals surface area (Å²) in [6, 6.07) is 7.49. The third-order valence-corrected chi connectivity index (χ3v) is 3.52. The maximum absolute atomic E-state index is 13.1. The Labute approximate surface area is 103 Å². The van der Waals surface area contributed by atoms with E-state index in [4.69, 9.17) is 5.73 Å². The van der Waals surface area contributed by atoms with E-state index in [1.54, 1.807) is 12.1 Å². The predicted molar refractivity (Wildman–Crippen MR) is 68.1 cm³/mol. The van der Waals surface area contributed by atoms with Gasteiger partial charge in [-0.05, 0) is 50.0 Å². The average molecular weight is 236 g/mol. The highest BCUT2D eigenvalue weighted by atomic mass is 19.1. The zero-order chi connectivity index (χ0) is 12.1. The van der Waals surface area contributed by atoms with Crippen molar-refractivity contribution in [1.82, 2.24) is 4.90 Å². The lowest BCUT2D eigenvalue weighted by molar-refractivity contribution is 0.134. The Morgan fingerprint density at radius 1 is 1.35 bits per heavy atom. The fourth-order valence-corrected chi connectivity index (χ4v) is 2.66. The number of likely N-dealkylation sites (tertiary alicyclic amines) is 1. The SMILES string of the molecule is NCCC1CCCCN1Cc1cccc(F)c1. The molecule has 2 N–H and O–H groups in total. The molecule has 2 nitrogen and oxygen atoms in total. The second kappa shape index (κ2) is 6.12. The first-order chi connectivity index (χ1) is 8.29. The molecule has 0 saturated carbocycles. The first-order valence-electron chi connectivity index (χ1n) is 6.48. The van der Waals surface area contributed by atoms with E-state index < -0.39 is 0 Å². The van der Waals surface area contributed by atoms with Gasteiger partial charge in [-0.15, -0.1) is 0 Å². The molecule has 1 aliphatic rings. The van der Waals surface area contributed by atoms with Crippen LogP contribution in [0.2, 0.25) is 0 Å². The van der Waals surface area contributed by atoms with Crippen LogP contribution in [0.1, 0.15) is 31.2 Å². The quantitative estimate of drug-likeness (QED) is 0.870. The summed E-state index contributed by atoms with van der Waals surface area (Å²) < 4.78 is 13.1. The maximum atomic E-state index is 13.1. The first-order valence-corrected chi connectivity index (χ1v) is 6.48. The minimum absolute atomic E-state index is 0.144. The van der Waals surface area contributed by atoms with Crippen LogP contribution >= 0.6 is 0 Å². The van der Waals surface area contributed by atoms with Crippen molar-refractivity contribution in [1.29, 1.82) is 0 Å². The number of rotatable bonds is 4. The predicted octanol–water partition coefficient (Wildman–Crippen LogP) is 2.53. The molecule has 0 radical (unpaired) electrons. The van der Waals surface area contributed by atoms with E-state index >= 15 is 0 Å².